The van der Waals surface area contributed by atoms with Gasteiger partial charge in [-0.3, -0.25) is 4.79 Å². The van der Waals surface area contributed by atoms with E-state index in [2.05, 4.69) is 0 Å². The van der Waals surface area contributed by atoms with E-state index in [1.165, 1.54) is 18.2 Å². The van der Waals surface area contributed by atoms with Crippen molar-refractivity contribution in [3.8, 4) is 11.5 Å². The van der Waals surface area contributed by atoms with Crippen LogP contribution < -0.4 is 0 Å². The van der Waals surface area contributed by atoms with Crippen LogP contribution in [0, 0.1) is 5.92 Å². The predicted molar refractivity (Wildman–Crippen MR) is 70.3 cm³/mol. The first-order valence-corrected chi connectivity index (χ1v) is 6.41. The first-order valence-electron chi connectivity index (χ1n) is 6.41. The van der Waals surface area contributed by atoms with Crippen LogP contribution in [0.15, 0.2) is 18.2 Å². The van der Waals surface area contributed by atoms with E-state index in [4.69, 9.17) is 4.74 Å². The van der Waals surface area contributed by atoms with Crippen LogP contribution in [0.25, 0.3) is 0 Å². The molecule has 0 radical (unpaired) electrons. The number of carbonyl (C=O) groups is 1. The third-order valence-electron chi connectivity index (χ3n) is 3.36. The van der Waals surface area contributed by atoms with Crippen molar-refractivity contribution >= 4 is 5.91 Å². The number of aromatic hydroxyl groups is 2. The summed E-state index contributed by atoms with van der Waals surface area (Å²) >= 11 is 0. The van der Waals surface area contributed by atoms with E-state index in [9.17, 15) is 15.0 Å². The topological polar surface area (TPSA) is 70.0 Å². The Morgan fingerprint density at radius 2 is 2.05 bits per heavy atom. The molecule has 1 saturated heterocycles. The van der Waals surface area contributed by atoms with E-state index < -0.39 is 0 Å². The Hall–Kier alpha value is -1.75. The average molecular weight is 265 g/mol. The predicted octanol–water partition coefficient (Wildman–Crippen LogP) is 1.60. The fourth-order valence-electron chi connectivity index (χ4n) is 2.52. The van der Waals surface area contributed by atoms with Crippen molar-refractivity contribution in [3.63, 3.8) is 0 Å². The standard InChI is InChI=1S/C14H19NO4/c1-19-9-10-3-2-4-15(8-10)14(18)11-5-12(16)7-13(17)6-11/h5-7,10,16-17H,2-4,8-9H2,1H3. The van der Waals surface area contributed by atoms with Crippen LogP contribution in [0.3, 0.4) is 0 Å². The number of nitrogens with zero attached hydrogens (tertiary/aromatic N) is 1. The van der Waals surface area contributed by atoms with E-state index in [-0.39, 0.29) is 17.4 Å². The maximum Gasteiger partial charge on any atom is 0.254 e. The lowest BCUT2D eigenvalue weighted by molar-refractivity contribution is 0.0570. The van der Waals surface area contributed by atoms with Gasteiger partial charge in [0.25, 0.3) is 5.91 Å². The number of hydrogen-bond acceptors (Lipinski definition) is 4. The number of methoxy groups -OCH3 is 1. The van der Waals surface area contributed by atoms with Gasteiger partial charge < -0.3 is 19.8 Å². The molecule has 1 aliphatic rings. The number of amides is 1. The number of ether oxygens (including phenoxy) is 1. The highest BCUT2D eigenvalue weighted by Crippen LogP contribution is 2.24. The molecule has 5 nitrogen and oxygen atoms in total. The number of benzene rings is 1. The van der Waals surface area contributed by atoms with Gasteiger partial charge in [0.05, 0.1) is 6.61 Å². The summed E-state index contributed by atoms with van der Waals surface area (Å²) in [5.41, 5.74) is 0.315. The van der Waals surface area contributed by atoms with Gasteiger partial charge in [0.2, 0.25) is 0 Å². The quantitative estimate of drug-likeness (QED) is 0.871. The second-order valence-corrected chi connectivity index (χ2v) is 4.95. The minimum Gasteiger partial charge on any atom is -0.508 e. The largest absolute Gasteiger partial charge is 0.508 e. The number of phenolic OH excluding ortho intramolecular Hbond substituents is 2. The molecule has 2 rings (SSSR count). The lowest BCUT2D eigenvalue weighted by Gasteiger charge is -2.32. The summed E-state index contributed by atoms with van der Waals surface area (Å²) in [4.78, 5) is 14.1. The van der Waals surface area contributed by atoms with Crippen LogP contribution in [0.2, 0.25) is 0 Å². The van der Waals surface area contributed by atoms with Crippen molar-refractivity contribution in [2.75, 3.05) is 26.8 Å². The molecule has 0 saturated carbocycles. The highest BCUT2D eigenvalue weighted by atomic mass is 16.5. The Balaban J connectivity index is 2.10. The molecule has 19 heavy (non-hydrogen) atoms. The molecule has 1 aliphatic heterocycles. The molecule has 1 amide bonds. The number of carbonyl (C=O) groups excluding carboxylic acids is 1. The molecular weight excluding hydrogens is 246 g/mol. The lowest BCUT2D eigenvalue weighted by Crippen LogP contribution is -2.41. The Kier molecular flexibility index (Phi) is 4.27. The molecule has 1 unspecified atom stereocenters. The summed E-state index contributed by atoms with van der Waals surface area (Å²) in [7, 11) is 1.66. The molecule has 0 aliphatic carbocycles. The van der Waals surface area contributed by atoms with E-state index in [1.54, 1.807) is 12.0 Å². The summed E-state index contributed by atoms with van der Waals surface area (Å²) in [6, 6.07) is 3.96. The summed E-state index contributed by atoms with van der Waals surface area (Å²) < 4.78 is 5.14. The fraction of sp³-hybridized carbons (Fsp3) is 0.500. The molecule has 0 aromatic heterocycles. The zero-order valence-corrected chi connectivity index (χ0v) is 11.0. The third-order valence-corrected chi connectivity index (χ3v) is 3.36. The zero-order chi connectivity index (χ0) is 13.8. The molecular formula is C14H19NO4. The van der Waals surface area contributed by atoms with E-state index in [1.807, 2.05) is 0 Å². The minimum absolute atomic E-state index is 0.103. The van der Waals surface area contributed by atoms with Crippen LogP contribution in [-0.2, 0) is 4.74 Å². The number of piperidine rings is 1. The van der Waals surface area contributed by atoms with Gasteiger partial charge in [0.1, 0.15) is 11.5 Å². The van der Waals surface area contributed by atoms with Crippen LogP contribution in [0.5, 0.6) is 11.5 Å². The maximum atomic E-state index is 12.3. The third kappa shape index (κ3) is 3.38. The molecule has 2 N–H and O–H groups in total. The van der Waals surface area contributed by atoms with Gasteiger partial charge in [-0.1, -0.05) is 0 Å². The summed E-state index contributed by atoms with van der Waals surface area (Å²) in [6.45, 7) is 2.01. The van der Waals surface area contributed by atoms with Crippen LogP contribution in [-0.4, -0.2) is 47.8 Å². The molecule has 1 heterocycles. The first kappa shape index (κ1) is 13.7. The number of hydrogen-bond donors (Lipinski definition) is 2. The van der Waals surface area contributed by atoms with Gasteiger partial charge >= 0.3 is 0 Å². The molecule has 1 atom stereocenters. The molecule has 1 aromatic carbocycles. The smallest absolute Gasteiger partial charge is 0.254 e. The van der Waals surface area contributed by atoms with Crippen LogP contribution in [0.1, 0.15) is 23.2 Å². The summed E-state index contributed by atoms with van der Waals surface area (Å²) in [5, 5.41) is 18.9. The Bertz CT molecular complexity index is 439. The first-order chi connectivity index (χ1) is 9.10. The lowest BCUT2D eigenvalue weighted by atomic mass is 9.98. The Morgan fingerprint density at radius 1 is 1.37 bits per heavy atom. The van der Waals surface area contributed by atoms with E-state index >= 15 is 0 Å². The number of phenols is 2. The summed E-state index contributed by atoms with van der Waals surface area (Å²) in [5.74, 6) is -0.0109. The monoisotopic (exact) mass is 265 g/mol. The Labute approximate surface area is 112 Å². The highest BCUT2D eigenvalue weighted by Gasteiger charge is 2.24. The zero-order valence-electron chi connectivity index (χ0n) is 11.0. The maximum absolute atomic E-state index is 12.3. The second-order valence-electron chi connectivity index (χ2n) is 4.95. The van der Waals surface area contributed by atoms with Crippen LogP contribution >= 0.6 is 0 Å². The molecule has 1 aromatic rings. The fourth-order valence-corrected chi connectivity index (χ4v) is 2.52. The van der Waals surface area contributed by atoms with Gasteiger partial charge in [-0.2, -0.15) is 0 Å². The van der Waals surface area contributed by atoms with Gasteiger partial charge in [-0.25, -0.2) is 0 Å². The molecule has 0 bridgehead atoms. The van der Waals surface area contributed by atoms with Crippen molar-refractivity contribution in [2.45, 2.75) is 12.8 Å². The second kappa shape index (κ2) is 5.93. The van der Waals surface area contributed by atoms with Crippen LogP contribution in [0.4, 0.5) is 0 Å². The normalized spacial score (nSPS) is 19.4. The minimum atomic E-state index is -0.160. The highest BCUT2D eigenvalue weighted by molar-refractivity contribution is 5.95. The van der Waals surface area contributed by atoms with Crippen molar-refractivity contribution < 1.29 is 19.7 Å². The van der Waals surface area contributed by atoms with Gasteiger partial charge in [-0.15, -0.1) is 0 Å². The van der Waals surface area contributed by atoms with Gasteiger partial charge in [0, 0.05) is 31.8 Å². The van der Waals surface area contributed by atoms with E-state index in [0.29, 0.717) is 31.2 Å². The number of likely N-dealkylation sites (tertiary alicyclic amines) is 1. The average Bonchev–Trinajstić information content (AvgIpc) is 2.37. The SMILES string of the molecule is COCC1CCCN(C(=O)c2cc(O)cc(O)c2)C1. The summed E-state index contributed by atoms with van der Waals surface area (Å²) in [6.07, 6.45) is 2.01. The van der Waals surface area contributed by atoms with Gasteiger partial charge in [-0.05, 0) is 30.9 Å². The number of rotatable bonds is 3. The van der Waals surface area contributed by atoms with Crippen molar-refractivity contribution in [2.24, 2.45) is 5.92 Å². The van der Waals surface area contributed by atoms with Crippen molar-refractivity contribution in [1.29, 1.82) is 0 Å². The van der Waals surface area contributed by atoms with Gasteiger partial charge in [0.15, 0.2) is 0 Å². The molecule has 5 heteroatoms. The molecule has 104 valence electrons. The Morgan fingerprint density at radius 3 is 2.68 bits per heavy atom. The van der Waals surface area contributed by atoms with Crippen molar-refractivity contribution in [1.82, 2.24) is 4.90 Å². The molecule has 1 fully saturated rings. The van der Waals surface area contributed by atoms with E-state index in [0.717, 1.165) is 12.8 Å². The van der Waals surface area contributed by atoms with Crippen molar-refractivity contribution in [3.05, 3.63) is 23.8 Å². The molecule has 0 spiro atoms.